The highest BCUT2D eigenvalue weighted by Crippen LogP contribution is 2.23. The Kier molecular flexibility index (Phi) is 4.43. The Bertz CT molecular complexity index is 725. The van der Waals surface area contributed by atoms with Gasteiger partial charge < -0.3 is 10.4 Å². The molecule has 0 spiro atoms. The van der Waals surface area contributed by atoms with Crippen molar-refractivity contribution in [2.45, 2.75) is 13.8 Å². The van der Waals surface area contributed by atoms with Gasteiger partial charge in [-0.3, -0.25) is 4.79 Å². The molecule has 108 valence electrons. The summed E-state index contributed by atoms with van der Waals surface area (Å²) in [4.78, 5) is 23.6. The molecule has 0 fully saturated rings. The summed E-state index contributed by atoms with van der Waals surface area (Å²) in [5.41, 5.74) is 2.58. The van der Waals surface area contributed by atoms with E-state index in [0.717, 1.165) is 11.1 Å². The van der Waals surface area contributed by atoms with E-state index in [-0.39, 0.29) is 17.2 Å². The Labute approximate surface area is 130 Å². The summed E-state index contributed by atoms with van der Waals surface area (Å²) in [5.74, 6) is -1.42. The number of anilines is 1. The second-order valence-electron chi connectivity index (χ2n) is 4.74. The molecule has 2 rings (SSSR count). The fourth-order valence-corrected chi connectivity index (χ4v) is 2.40. The molecule has 0 aliphatic rings. The number of nitrogens with one attached hydrogen (secondary N) is 1. The van der Waals surface area contributed by atoms with Gasteiger partial charge in [-0.05, 0) is 53.5 Å². The van der Waals surface area contributed by atoms with Gasteiger partial charge in [-0.15, -0.1) is 0 Å². The highest BCUT2D eigenvalue weighted by Gasteiger charge is 2.16. The Morgan fingerprint density at radius 2 is 1.81 bits per heavy atom. The van der Waals surface area contributed by atoms with Crippen LogP contribution in [0.4, 0.5) is 5.69 Å². The predicted molar refractivity (Wildman–Crippen MR) is 85.0 cm³/mol. The molecule has 0 radical (unpaired) electrons. The minimum atomic E-state index is -1.07. The van der Waals surface area contributed by atoms with Crippen LogP contribution in [0.25, 0.3) is 0 Å². The molecule has 0 atom stereocenters. The van der Waals surface area contributed by atoms with Gasteiger partial charge in [-0.25, -0.2) is 4.79 Å². The van der Waals surface area contributed by atoms with Gasteiger partial charge in [0.1, 0.15) is 0 Å². The number of benzene rings is 2. The van der Waals surface area contributed by atoms with Crippen LogP contribution in [0, 0.1) is 13.8 Å². The number of rotatable bonds is 3. The van der Waals surface area contributed by atoms with Crippen LogP contribution in [0.15, 0.2) is 40.9 Å². The summed E-state index contributed by atoms with van der Waals surface area (Å²) in [6.07, 6.45) is 0. The third-order valence-corrected chi connectivity index (χ3v) is 4.14. The predicted octanol–water partition coefficient (Wildman–Crippen LogP) is 4.02. The monoisotopic (exact) mass is 347 g/mol. The molecule has 0 aliphatic heterocycles. The molecule has 1 amide bonds. The molecule has 4 nitrogen and oxygen atoms in total. The van der Waals surface area contributed by atoms with Gasteiger partial charge in [-0.1, -0.05) is 23.8 Å². The maximum atomic E-state index is 12.3. The van der Waals surface area contributed by atoms with Crippen molar-refractivity contribution in [3.05, 3.63) is 63.1 Å². The summed E-state index contributed by atoms with van der Waals surface area (Å²) >= 11 is 3.38. The fourth-order valence-electron chi connectivity index (χ4n) is 1.96. The molecule has 0 heterocycles. The molecule has 0 aliphatic carbocycles. The van der Waals surface area contributed by atoms with Crippen LogP contribution >= 0.6 is 15.9 Å². The second-order valence-corrected chi connectivity index (χ2v) is 5.54. The topological polar surface area (TPSA) is 66.4 Å². The average molecular weight is 348 g/mol. The highest BCUT2D eigenvalue weighted by molar-refractivity contribution is 9.10. The number of carbonyl (C=O) groups excluding carboxylic acids is 1. The Morgan fingerprint density at radius 3 is 2.48 bits per heavy atom. The van der Waals surface area contributed by atoms with Crippen LogP contribution in [0.3, 0.4) is 0 Å². The van der Waals surface area contributed by atoms with Gasteiger partial charge in [0, 0.05) is 4.47 Å². The first kappa shape index (κ1) is 15.3. The number of carboxylic acid groups (broad SMARTS) is 1. The molecule has 0 unspecified atom stereocenters. The van der Waals surface area contributed by atoms with Crippen molar-refractivity contribution in [3.63, 3.8) is 0 Å². The van der Waals surface area contributed by atoms with Gasteiger partial charge in [0.05, 0.1) is 16.8 Å². The van der Waals surface area contributed by atoms with Crippen LogP contribution in [0.5, 0.6) is 0 Å². The van der Waals surface area contributed by atoms with Crippen molar-refractivity contribution in [3.8, 4) is 0 Å². The van der Waals surface area contributed by atoms with Crippen molar-refractivity contribution in [1.29, 1.82) is 0 Å². The minimum Gasteiger partial charge on any atom is -0.478 e. The van der Waals surface area contributed by atoms with Gasteiger partial charge in [0.25, 0.3) is 5.91 Å². The molecule has 2 aromatic carbocycles. The van der Waals surface area contributed by atoms with Gasteiger partial charge in [0.15, 0.2) is 0 Å². The zero-order valence-corrected chi connectivity index (χ0v) is 13.2. The lowest BCUT2D eigenvalue weighted by Crippen LogP contribution is -2.15. The van der Waals surface area contributed by atoms with Crippen molar-refractivity contribution in [2.75, 3.05) is 5.32 Å². The average Bonchev–Trinajstić information content (AvgIpc) is 2.43. The number of hydrogen-bond donors (Lipinski definition) is 2. The first-order valence-electron chi connectivity index (χ1n) is 6.30. The minimum absolute atomic E-state index is 0.0760. The molecular formula is C16H14BrNO3. The first-order valence-corrected chi connectivity index (χ1v) is 7.10. The van der Waals surface area contributed by atoms with Gasteiger partial charge >= 0.3 is 5.97 Å². The molecule has 5 heteroatoms. The van der Waals surface area contributed by atoms with Crippen molar-refractivity contribution in [1.82, 2.24) is 0 Å². The number of aromatic carboxylic acids is 1. The SMILES string of the molecule is Cc1ccc(NC(=O)c2cccc(C)c2Br)c(C(=O)O)c1. The summed E-state index contributed by atoms with van der Waals surface area (Å²) < 4.78 is 0.700. The smallest absolute Gasteiger partial charge is 0.337 e. The van der Waals surface area contributed by atoms with E-state index in [1.807, 2.05) is 13.0 Å². The molecule has 0 bridgehead atoms. The number of carboxylic acids is 1. The number of hydrogen-bond acceptors (Lipinski definition) is 2. The molecule has 2 aromatic rings. The van der Waals surface area contributed by atoms with Crippen LogP contribution in [0.2, 0.25) is 0 Å². The maximum Gasteiger partial charge on any atom is 0.337 e. The first-order chi connectivity index (χ1) is 9.90. The standard InChI is InChI=1S/C16H14BrNO3/c1-9-6-7-13(12(8-9)16(20)21)18-15(19)11-5-3-4-10(2)14(11)17/h3-8H,1-2H3,(H,18,19)(H,20,21). The third kappa shape index (κ3) is 3.31. The summed E-state index contributed by atoms with van der Waals surface area (Å²) in [6.45, 7) is 3.69. The van der Waals surface area contributed by atoms with Gasteiger partial charge in [0.2, 0.25) is 0 Å². The Morgan fingerprint density at radius 1 is 1.10 bits per heavy atom. The Hall–Kier alpha value is -2.14. The lowest BCUT2D eigenvalue weighted by Gasteiger charge is -2.11. The largest absolute Gasteiger partial charge is 0.478 e. The van der Waals surface area contributed by atoms with E-state index in [2.05, 4.69) is 21.2 Å². The van der Waals surface area contributed by atoms with E-state index in [1.165, 1.54) is 6.07 Å². The lowest BCUT2D eigenvalue weighted by molar-refractivity contribution is 0.0698. The van der Waals surface area contributed by atoms with E-state index in [1.54, 1.807) is 31.2 Å². The van der Waals surface area contributed by atoms with Crippen molar-refractivity contribution < 1.29 is 14.7 Å². The van der Waals surface area contributed by atoms with E-state index >= 15 is 0 Å². The third-order valence-electron chi connectivity index (χ3n) is 3.09. The molecule has 2 N–H and O–H groups in total. The quantitative estimate of drug-likeness (QED) is 0.881. The molecule has 0 saturated heterocycles. The number of amides is 1. The normalized spacial score (nSPS) is 10.2. The zero-order valence-electron chi connectivity index (χ0n) is 11.6. The highest BCUT2D eigenvalue weighted by atomic mass is 79.9. The molecule has 0 aromatic heterocycles. The molecule has 0 saturated carbocycles. The van der Waals surface area contributed by atoms with E-state index < -0.39 is 5.97 Å². The fraction of sp³-hybridized carbons (Fsp3) is 0.125. The zero-order chi connectivity index (χ0) is 15.6. The number of carbonyl (C=O) groups is 2. The number of halogens is 1. The summed E-state index contributed by atoms with van der Waals surface area (Å²) in [6, 6.07) is 10.2. The Balaban J connectivity index is 2.36. The van der Waals surface area contributed by atoms with Gasteiger partial charge in [-0.2, -0.15) is 0 Å². The maximum absolute atomic E-state index is 12.3. The van der Waals surface area contributed by atoms with Crippen LogP contribution in [0.1, 0.15) is 31.8 Å². The van der Waals surface area contributed by atoms with Crippen molar-refractivity contribution in [2.24, 2.45) is 0 Å². The molecular weight excluding hydrogens is 334 g/mol. The summed E-state index contributed by atoms with van der Waals surface area (Å²) in [5, 5.41) is 11.9. The number of aryl methyl sites for hydroxylation is 2. The van der Waals surface area contributed by atoms with Crippen LogP contribution < -0.4 is 5.32 Å². The van der Waals surface area contributed by atoms with E-state index in [4.69, 9.17) is 0 Å². The second kappa shape index (κ2) is 6.10. The van der Waals surface area contributed by atoms with E-state index in [0.29, 0.717) is 10.0 Å². The van der Waals surface area contributed by atoms with Crippen molar-refractivity contribution >= 4 is 33.5 Å². The van der Waals surface area contributed by atoms with E-state index in [9.17, 15) is 14.7 Å². The summed E-state index contributed by atoms with van der Waals surface area (Å²) in [7, 11) is 0. The van der Waals surface area contributed by atoms with Crippen LogP contribution in [-0.4, -0.2) is 17.0 Å². The lowest BCUT2D eigenvalue weighted by atomic mass is 10.1. The molecule has 21 heavy (non-hydrogen) atoms. The van der Waals surface area contributed by atoms with Crippen LogP contribution in [-0.2, 0) is 0 Å².